The van der Waals surface area contributed by atoms with Crippen molar-refractivity contribution in [2.45, 2.75) is 173 Å². The van der Waals surface area contributed by atoms with Crippen LogP contribution in [-0.4, -0.2) is 210 Å². The molecule has 8 rings (SSSR count). The number of nitrogens with zero attached hydrogens (tertiary/aromatic N) is 2. The smallest absolute Gasteiger partial charge is 0.409 e. The monoisotopic (exact) mass is 1520 g/mol. The molecule has 2 aliphatic heterocycles. The Kier molecular flexibility index (Phi) is 32.5. The van der Waals surface area contributed by atoms with E-state index < -0.39 is 125 Å². The minimum atomic E-state index is -2.43. The lowest BCUT2D eigenvalue weighted by molar-refractivity contribution is -0.162. The number of carbonyl (C=O) groups is 10. The zero-order chi connectivity index (χ0) is 78.7. The molecule has 0 aromatic heterocycles. The second-order valence-corrected chi connectivity index (χ2v) is 28.3. The molecule has 28 nitrogen and oxygen atoms in total. The lowest BCUT2D eigenvalue weighted by Gasteiger charge is -2.56. The van der Waals surface area contributed by atoms with Crippen LogP contribution < -0.4 is 42.5 Å². The van der Waals surface area contributed by atoms with E-state index in [1.165, 1.54) is 31.0 Å². The van der Waals surface area contributed by atoms with E-state index in [0.29, 0.717) is 56.0 Å². The maximum Gasteiger partial charge on any atom is 0.409 e. The Morgan fingerprint density at radius 3 is 2.14 bits per heavy atom. The van der Waals surface area contributed by atoms with Gasteiger partial charge in [-0.1, -0.05) is 101 Å². The number of nitrogens with one attached hydrogen (secondary N) is 6. The molecule has 2 saturated carbocycles. The van der Waals surface area contributed by atoms with Crippen molar-refractivity contribution in [2.24, 2.45) is 28.9 Å². The molecule has 30 heteroatoms. The third-order valence-electron chi connectivity index (χ3n) is 20.2. The topological polar surface area (TPSA) is 369 Å². The summed E-state index contributed by atoms with van der Waals surface area (Å²) >= 11 is 0. The van der Waals surface area contributed by atoms with Gasteiger partial charge in [0.25, 0.3) is 0 Å². The first-order valence-electron chi connectivity index (χ1n) is 37.5. The molecule has 0 spiro atoms. The molecule has 0 bridgehead atoms. The highest BCUT2D eigenvalue weighted by Gasteiger charge is 2.69. The van der Waals surface area contributed by atoms with Crippen LogP contribution in [0.15, 0.2) is 96.6 Å². The van der Waals surface area contributed by atoms with Gasteiger partial charge in [-0.25, -0.2) is 23.2 Å². The summed E-state index contributed by atoms with van der Waals surface area (Å²) in [4.78, 5) is 134. The average Bonchev–Trinajstić information content (AvgIpc) is 1.69. The van der Waals surface area contributed by atoms with Gasteiger partial charge in [-0.15, -0.1) is 0 Å². The van der Waals surface area contributed by atoms with E-state index in [-0.39, 0.29) is 148 Å². The van der Waals surface area contributed by atoms with Gasteiger partial charge in [0, 0.05) is 80.6 Å². The number of rotatable bonds is 42. The van der Waals surface area contributed by atoms with E-state index in [0.717, 1.165) is 22.8 Å². The van der Waals surface area contributed by atoms with Gasteiger partial charge < -0.3 is 90.4 Å². The van der Waals surface area contributed by atoms with Gasteiger partial charge in [0.15, 0.2) is 29.9 Å². The lowest BCUT2D eigenvalue weighted by Crippen LogP contribution is -2.63. The van der Waals surface area contributed by atoms with E-state index in [1.807, 2.05) is 55.5 Å². The third-order valence-corrected chi connectivity index (χ3v) is 20.2. The number of carbonyl (C=O) groups excluding carboxylic acids is 10. The first kappa shape index (κ1) is 85.4. The summed E-state index contributed by atoms with van der Waals surface area (Å²) in [6.07, 6.45) is -1.39. The molecule has 9 N–H and O–H groups in total. The number of nitrogens with two attached hydrogens (primary N) is 1. The van der Waals surface area contributed by atoms with E-state index in [1.54, 1.807) is 49.9 Å². The molecule has 109 heavy (non-hydrogen) atoms. The second-order valence-electron chi connectivity index (χ2n) is 28.3. The highest BCUT2D eigenvalue weighted by Crippen LogP contribution is 2.63. The van der Waals surface area contributed by atoms with Crippen LogP contribution in [0.1, 0.15) is 134 Å². The maximum absolute atomic E-state index is 18.2. The number of allylic oxidation sites excluding steroid dienone is 4. The van der Waals surface area contributed by atoms with Crippen molar-refractivity contribution in [1.29, 1.82) is 0 Å². The number of ketones is 2. The number of ether oxygens (including phenoxy) is 8. The molecule has 3 aromatic rings. The largest absolute Gasteiger partial charge is 0.445 e. The predicted octanol–water partition coefficient (Wildman–Crippen LogP) is 6.85. The summed E-state index contributed by atoms with van der Waals surface area (Å²) in [5, 5.41) is 27.6. The van der Waals surface area contributed by atoms with Gasteiger partial charge in [0.05, 0.1) is 77.3 Å². The predicted molar refractivity (Wildman–Crippen MR) is 396 cm³/mol. The Morgan fingerprint density at radius 2 is 1.44 bits per heavy atom. The number of primary amides is 1. The second kappa shape index (κ2) is 41.5. The molecule has 2 heterocycles. The van der Waals surface area contributed by atoms with Crippen molar-refractivity contribution in [1.82, 2.24) is 31.5 Å². The quantitative estimate of drug-likeness (QED) is 0.0212. The van der Waals surface area contributed by atoms with Crippen molar-refractivity contribution in [3.8, 4) is 11.8 Å². The number of benzene rings is 3. The van der Waals surface area contributed by atoms with Crippen LogP contribution >= 0.6 is 0 Å². The standard InChI is InChI=1S/C79H105F2N9O19/c1-7-14-64(92)79(81)59(46-61(80)60-45-58(91)29-31-77(60,79)5)56-44-66-78(47-56,109-70(108-66)15-8-2)65(93)50-106-75(100)85-33-35-89(6)76(101)107-49-52-21-25-57(26-22-52)86-72(97)62(19-13-32-84-74(82)99)87-73(98)71(51(3)4)88-68(95)30-36-102-38-40-104-42-43-105-41-39-103-37-34-83-67(94)27-28-69(96)90-48-55-18-10-9-16-53(55)23-24-54-17-11-12-20-63(54)90/h9-12,16-18,20-22,25-26,29,31,45,51,56,59,61-62,64,66,70-71,92H,7-8,13-15,19,27-28,30,32-44,46-50H2,1-6H3,(H,83,94)(H,85,100)(H,86,97)(H,87,98)(H,88,95)(H3,82,84,99)/t56-,59+,61+,62+,64+,66-,70?,71+,77+,78-,79+/m1/s1. The van der Waals surface area contributed by atoms with Gasteiger partial charge in [0.1, 0.15) is 24.9 Å². The number of aliphatic hydroxyl groups is 1. The number of alkyl halides is 2. The molecule has 3 fully saturated rings. The number of alkyl carbamates (subject to hydrolysis) is 1. The Balaban J connectivity index is 0.680. The van der Waals surface area contributed by atoms with Gasteiger partial charge in [-0.05, 0) is 123 Å². The number of aliphatic hydroxyl groups excluding tert-OH is 1. The van der Waals surface area contributed by atoms with Crippen LogP contribution in [0.2, 0.25) is 0 Å². The number of amides is 9. The number of fused-ring (bicyclic) bond motifs is 4. The minimum Gasteiger partial charge on any atom is -0.445 e. The molecule has 5 aliphatic rings. The van der Waals surface area contributed by atoms with Gasteiger partial charge in [-0.3, -0.25) is 33.6 Å². The van der Waals surface area contributed by atoms with E-state index in [2.05, 4.69) is 43.7 Å². The zero-order valence-electron chi connectivity index (χ0n) is 63.0. The number of likely N-dealkylation sites (N-methyl/N-ethyl adjacent to an activating group) is 1. The highest BCUT2D eigenvalue weighted by molar-refractivity contribution is 6.02. The Morgan fingerprint density at radius 1 is 0.761 bits per heavy atom. The molecule has 1 saturated heterocycles. The van der Waals surface area contributed by atoms with Gasteiger partial charge in [0.2, 0.25) is 35.3 Å². The van der Waals surface area contributed by atoms with Crippen LogP contribution in [0, 0.1) is 35.0 Å². The fourth-order valence-corrected chi connectivity index (χ4v) is 14.4. The number of halogens is 2. The lowest BCUT2D eigenvalue weighted by atomic mass is 9.51. The Labute approximate surface area is 634 Å². The number of urea groups is 1. The van der Waals surface area contributed by atoms with Crippen LogP contribution in [-0.2, 0) is 84.6 Å². The number of anilines is 2. The minimum absolute atomic E-state index is 0.0213. The number of para-hydroxylation sites is 1. The molecular weight excluding hydrogens is 1420 g/mol. The highest BCUT2D eigenvalue weighted by atomic mass is 19.1. The summed E-state index contributed by atoms with van der Waals surface area (Å²) in [5.41, 5.74) is 3.58. The first-order chi connectivity index (χ1) is 52.3. The average molecular weight is 1520 g/mol. The van der Waals surface area contributed by atoms with Crippen LogP contribution in [0.5, 0.6) is 0 Å². The third kappa shape index (κ3) is 23.4. The van der Waals surface area contributed by atoms with Crippen molar-refractivity contribution in [3.05, 3.63) is 119 Å². The van der Waals surface area contributed by atoms with Gasteiger partial charge in [-0.2, -0.15) is 0 Å². The summed E-state index contributed by atoms with van der Waals surface area (Å²) < 4.78 is 80.1. The van der Waals surface area contributed by atoms with Gasteiger partial charge >= 0.3 is 18.2 Å². The Hall–Kier alpha value is -9.22. The SMILES string of the molecule is CCCC1O[C@@H]2C[C@@H]([C@@H]3C[C@H](F)C4=CC(=O)C=C[C@]4(C)[C@@]3(F)[C@@H](O)CCC)C[C@]2(C(=O)COC(=O)NCCN(C)C(=O)OCc2ccc(NC(=O)[C@H](CCCNC(N)=O)NC(=O)[C@@H](NC(=O)CCOCCOCCOCCOCCNC(=O)CCC(=O)N3Cc4ccccc4C#Cc4ccccc43)C(C)C)cc2)O1. The summed E-state index contributed by atoms with van der Waals surface area (Å²) in [7, 11) is 1.44. The fraction of sp³-hybridized carbons (Fsp3) is 0.570. The van der Waals surface area contributed by atoms with Crippen molar-refractivity contribution >= 4 is 70.7 Å². The van der Waals surface area contributed by atoms with Crippen LogP contribution in [0.3, 0.4) is 0 Å². The normalized spacial score (nSPS) is 22.4. The van der Waals surface area contributed by atoms with Crippen molar-refractivity contribution in [2.75, 3.05) is 103 Å². The van der Waals surface area contributed by atoms with E-state index >= 15 is 8.78 Å². The molecular formula is C79H105F2N9O19. The van der Waals surface area contributed by atoms with Crippen LogP contribution in [0.25, 0.3) is 0 Å². The number of hydrogen-bond acceptors (Lipinski definition) is 19. The van der Waals surface area contributed by atoms with Crippen molar-refractivity contribution < 1.29 is 99.7 Å². The van der Waals surface area contributed by atoms with Crippen LogP contribution in [0.4, 0.5) is 34.5 Å². The molecule has 1 unspecified atom stereocenters. The number of hydrogen-bond donors (Lipinski definition) is 8. The summed E-state index contributed by atoms with van der Waals surface area (Å²) in [5.74, 6) is 0.918. The Bertz CT molecular complexity index is 3780. The zero-order valence-corrected chi connectivity index (χ0v) is 63.0. The summed E-state index contributed by atoms with van der Waals surface area (Å²) in [6, 6.07) is 18.6. The maximum atomic E-state index is 18.2. The molecule has 9 amide bonds. The first-order valence-corrected chi connectivity index (χ1v) is 37.5. The molecule has 594 valence electrons. The molecule has 0 radical (unpaired) electrons. The molecule has 3 aliphatic carbocycles. The van der Waals surface area contributed by atoms with E-state index in [9.17, 15) is 53.1 Å². The molecule has 11 atom stereocenters. The number of Topliss-reactive ketones (excluding diaryl/α,β-unsaturated/α-hetero) is 1. The van der Waals surface area contributed by atoms with Crippen molar-refractivity contribution in [3.63, 3.8) is 0 Å². The fourth-order valence-electron chi connectivity index (χ4n) is 14.4. The van der Waals surface area contributed by atoms with E-state index in [4.69, 9.17) is 43.6 Å². The molecule has 3 aromatic carbocycles. The summed E-state index contributed by atoms with van der Waals surface area (Å²) in [6.45, 7) is 10.2.